The smallest absolute Gasteiger partial charge is 0.248 e. The molecule has 0 spiro atoms. The van der Waals surface area contributed by atoms with Crippen molar-refractivity contribution in [2.24, 2.45) is 5.92 Å². The molecule has 0 atom stereocenters. The van der Waals surface area contributed by atoms with Gasteiger partial charge in [-0.1, -0.05) is 29.3 Å². The number of anilines is 2. The zero-order chi connectivity index (χ0) is 17.6. The normalized spacial score (nSPS) is 16.8. The van der Waals surface area contributed by atoms with Crippen LogP contribution < -0.4 is 5.32 Å². The van der Waals surface area contributed by atoms with Gasteiger partial charge < -0.3 is 9.88 Å². The van der Waals surface area contributed by atoms with E-state index in [0.29, 0.717) is 28.1 Å². The fraction of sp³-hybridized carbons (Fsp3) is 0.278. The summed E-state index contributed by atoms with van der Waals surface area (Å²) in [6, 6.07) is 9.07. The lowest BCUT2D eigenvalue weighted by Gasteiger charge is -2.35. The molecule has 1 aliphatic rings. The fourth-order valence-corrected chi connectivity index (χ4v) is 3.80. The van der Waals surface area contributed by atoms with Gasteiger partial charge in [0.05, 0.1) is 21.2 Å². The molecule has 130 valence electrons. The second kappa shape index (κ2) is 6.15. The van der Waals surface area contributed by atoms with Crippen molar-refractivity contribution in [3.63, 3.8) is 0 Å². The summed E-state index contributed by atoms with van der Waals surface area (Å²) in [4.78, 5) is 4.37. The third-order valence-corrected chi connectivity index (χ3v) is 5.16. The summed E-state index contributed by atoms with van der Waals surface area (Å²) in [6.07, 6.45) is 3.50. The Morgan fingerprint density at radius 2 is 1.88 bits per heavy atom. The molecular formula is C18H15Cl2F2N3. The highest BCUT2D eigenvalue weighted by Gasteiger charge is 2.45. The van der Waals surface area contributed by atoms with E-state index >= 15 is 0 Å². The standard InChI is InChI=1S/C18H15Cl2F2N3/c19-13-2-1-3-14(20)16(13)24-17-12-5-7-25(15(12)4-6-23-17)10-11-8-18(21,22)9-11/h1-7,11H,8-10H2,(H,23,24). The first-order valence-corrected chi connectivity index (χ1v) is 8.71. The van der Waals surface area contributed by atoms with Crippen LogP contribution in [0.4, 0.5) is 20.3 Å². The molecule has 25 heavy (non-hydrogen) atoms. The number of benzene rings is 1. The predicted molar refractivity (Wildman–Crippen MR) is 97.1 cm³/mol. The van der Waals surface area contributed by atoms with Crippen LogP contribution in [-0.4, -0.2) is 15.5 Å². The molecule has 0 radical (unpaired) electrons. The molecule has 0 bridgehead atoms. The number of rotatable bonds is 4. The molecule has 1 saturated carbocycles. The first kappa shape index (κ1) is 16.6. The summed E-state index contributed by atoms with van der Waals surface area (Å²) in [5.74, 6) is -1.86. The number of halogens is 4. The van der Waals surface area contributed by atoms with E-state index in [0.717, 1.165) is 10.9 Å². The van der Waals surface area contributed by atoms with Crippen molar-refractivity contribution in [3.8, 4) is 0 Å². The molecule has 2 aromatic heterocycles. The van der Waals surface area contributed by atoms with Gasteiger partial charge in [-0.15, -0.1) is 0 Å². The van der Waals surface area contributed by atoms with Crippen LogP contribution in [0.3, 0.4) is 0 Å². The van der Waals surface area contributed by atoms with Gasteiger partial charge in [0.2, 0.25) is 5.92 Å². The van der Waals surface area contributed by atoms with Crippen molar-refractivity contribution in [1.82, 2.24) is 9.55 Å². The van der Waals surface area contributed by atoms with E-state index in [2.05, 4.69) is 10.3 Å². The maximum atomic E-state index is 13.1. The number of fused-ring (bicyclic) bond motifs is 1. The van der Waals surface area contributed by atoms with E-state index in [1.54, 1.807) is 24.4 Å². The number of nitrogens with zero attached hydrogens (tertiary/aromatic N) is 2. The first-order valence-electron chi connectivity index (χ1n) is 7.96. The number of nitrogens with one attached hydrogen (secondary N) is 1. The topological polar surface area (TPSA) is 29.9 Å². The number of aromatic nitrogens is 2. The molecule has 2 heterocycles. The van der Waals surface area contributed by atoms with Crippen LogP contribution in [-0.2, 0) is 6.54 Å². The van der Waals surface area contributed by atoms with Gasteiger partial charge in [0.25, 0.3) is 0 Å². The minimum atomic E-state index is -2.50. The van der Waals surface area contributed by atoms with Crippen LogP contribution >= 0.6 is 23.2 Å². The zero-order valence-corrected chi connectivity index (χ0v) is 14.7. The van der Waals surface area contributed by atoms with Crippen LogP contribution in [0.2, 0.25) is 10.0 Å². The quantitative estimate of drug-likeness (QED) is 0.588. The molecule has 7 heteroatoms. The van der Waals surface area contributed by atoms with Crippen LogP contribution in [0.15, 0.2) is 42.7 Å². The van der Waals surface area contributed by atoms with Crippen LogP contribution in [0.5, 0.6) is 0 Å². The van der Waals surface area contributed by atoms with Crippen molar-refractivity contribution >= 4 is 45.6 Å². The zero-order valence-electron chi connectivity index (χ0n) is 13.1. The van der Waals surface area contributed by atoms with Crippen molar-refractivity contribution in [2.45, 2.75) is 25.3 Å². The SMILES string of the molecule is FC1(F)CC(Cn2ccc3c(Nc4c(Cl)cccc4Cl)nccc32)C1. The van der Waals surface area contributed by atoms with E-state index in [1.165, 1.54) is 0 Å². The Bertz CT molecular complexity index is 911. The van der Waals surface area contributed by atoms with Crippen LogP contribution in [0.1, 0.15) is 12.8 Å². The minimum Gasteiger partial charge on any atom is -0.347 e. The van der Waals surface area contributed by atoms with Gasteiger partial charge in [-0.05, 0) is 30.2 Å². The third-order valence-electron chi connectivity index (χ3n) is 4.53. The molecule has 1 N–H and O–H groups in total. The monoisotopic (exact) mass is 381 g/mol. The predicted octanol–water partition coefficient (Wildman–Crippen LogP) is 6.13. The number of alkyl halides is 2. The average Bonchev–Trinajstić information content (AvgIpc) is 2.93. The summed E-state index contributed by atoms with van der Waals surface area (Å²) in [5.41, 5.74) is 1.54. The minimum absolute atomic E-state index is 0.00758. The lowest BCUT2D eigenvalue weighted by atomic mass is 9.81. The summed E-state index contributed by atoms with van der Waals surface area (Å²) in [7, 11) is 0. The Kier molecular flexibility index (Phi) is 4.08. The Morgan fingerprint density at radius 1 is 1.16 bits per heavy atom. The van der Waals surface area contributed by atoms with Gasteiger partial charge in [0.15, 0.2) is 0 Å². The Labute approximate surface area is 153 Å². The van der Waals surface area contributed by atoms with E-state index in [4.69, 9.17) is 23.2 Å². The van der Waals surface area contributed by atoms with Gasteiger partial charge in [-0.2, -0.15) is 0 Å². The molecule has 3 aromatic rings. The molecule has 0 aliphatic heterocycles. The summed E-state index contributed by atoms with van der Waals surface area (Å²) in [6.45, 7) is 0.579. The highest BCUT2D eigenvalue weighted by atomic mass is 35.5. The van der Waals surface area contributed by atoms with Gasteiger partial charge in [-0.3, -0.25) is 0 Å². The molecule has 0 unspecified atom stereocenters. The highest BCUT2D eigenvalue weighted by Crippen LogP contribution is 2.43. The highest BCUT2D eigenvalue weighted by molar-refractivity contribution is 6.39. The molecule has 1 aromatic carbocycles. The number of pyridine rings is 1. The lowest BCUT2D eigenvalue weighted by Crippen LogP contribution is -2.37. The summed E-state index contributed by atoms with van der Waals surface area (Å²) in [5, 5.41) is 5.08. The lowest BCUT2D eigenvalue weighted by molar-refractivity contribution is -0.113. The summed E-state index contributed by atoms with van der Waals surface area (Å²) >= 11 is 12.4. The number of hydrogen-bond acceptors (Lipinski definition) is 2. The Hall–Kier alpha value is -1.85. The molecule has 1 fully saturated rings. The van der Waals surface area contributed by atoms with E-state index in [9.17, 15) is 8.78 Å². The van der Waals surface area contributed by atoms with E-state index < -0.39 is 5.92 Å². The Morgan fingerprint density at radius 3 is 2.56 bits per heavy atom. The van der Waals surface area contributed by atoms with E-state index in [1.807, 2.05) is 22.9 Å². The van der Waals surface area contributed by atoms with Crippen LogP contribution in [0, 0.1) is 5.92 Å². The number of para-hydroxylation sites is 1. The van der Waals surface area contributed by atoms with Crippen molar-refractivity contribution in [1.29, 1.82) is 0 Å². The molecule has 3 nitrogen and oxygen atoms in total. The maximum Gasteiger partial charge on any atom is 0.248 e. The summed E-state index contributed by atoms with van der Waals surface area (Å²) < 4.78 is 28.1. The van der Waals surface area contributed by atoms with E-state index in [-0.39, 0.29) is 18.8 Å². The van der Waals surface area contributed by atoms with Gasteiger partial charge in [-0.25, -0.2) is 13.8 Å². The second-order valence-corrected chi connectivity index (χ2v) is 7.23. The maximum absolute atomic E-state index is 13.1. The van der Waals surface area contributed by atoms with Crippen molar-refractivity contribution < 1.29 is 8.78 Å². The Balaban J connectivity index is 1.63. The van der Waals surface area contributed by atoms with Crippen molar-refractivity contribution in [2.75, 3.05) is 5.32 Å². The van der Waals surface area contributed by atoms with Crippen LogP contribution in [0.25, 0.3) is 10.9 Å². The fourth-order valence-electron chi connectivity index (χ4n) is 3.31. The van der Waals surface area contributed by atoms with Gasteiger partial charge in [0, 0.05) is 37.2 Å². The molecule has 0 amide bonds. The van der Waals surface area contributed by atoms with Gasteiger partial charge >= 0.3 is 0 Å². The molecule has 1 aliphatic carbocycles. The molecular weight excluding hydrogens is 367 g/mol. The van der Waals surface area contributed by atoms with Crippen molar-refractivity contribution in [3.05, 3.63) is 52.8 Å². The number of hydrogen-bond donors (Lipinski definition) is 1. The largest absolute Gasteiger partial charge is 0.347 e. The molecule has 0 saturated heterocycles. The second-order valence-electron chi connectivity index (χ2n) is 6.41. The average molecular weight is 382 g/mol. The van der Waals surface area contributed by atoms with Gasteiger partial charge in [0.1, 0.15) is 5.82 Å². The first-order chi connectivity index (χ1) is 11.9. The third kappa shape index (κ3) is 3.18. The molecule has 4 rings (SSSR count).